The standard InChI is InChI=1S/C20H22Cl2O7/c1-2-26-11-12-27-10-8-15(20(24)25)5-3-4-9-28-19(23)14-29-18-7-6-16(21)13-17(18)22/h5-7,13H,2,8-12,14H2,1H3,(H,24,25)/b15-5+. The van der Waals surface area contributed by atoms with E-state index in [1.807, 2.05) is 6.92 Å². The molecule has 0 spiro atoms. The number of ether oxygens (including phenoxy) is 4. The van der Waals surface area contributed by atoms with Gasteiger partial charge in [-0.15, -0.1) is 0 Å². The molecule has 7 nitrogen and oxygen atoms in total. The predicted molar refractivity (Wildman–Crippen MR) is 108 cm³/mol. The van der Waals surface area contributed by atoms with Gasteiger partial charge < -0.3 is 24.1 Å². The highest BCUT2D eigenvalue weighted by Crippen LogP contribution is 2.27. The Kier molecular flexibility index (Phi) is 12.6. The van der Waals surface area contributed by atoms with Gasteiger partial charge in [0, 0.05) is 23.6 Å². The minimum atomic E-state index is -1.09. The van der Waals surface area contributed by atoms with E-state index < -0.39 is 11.9 Å². The van der Waals surface area contributed by atoms with Gasteiger partial charge in [0.15, 0.2) is 13.2 Å². The van der Waals surface area contributed by atoms with Crippen molar-refractivity contribution in [3.8, 4) is 17.6 Å². The fourth-order valence-electron chi connectivity index (χ4n) is 1.85. The molecule has 158 valence electrons. The molecule has 1 aromatic carbocycles. The van der Waals surface area contributed by atoms with E-state index in [0.717, 1.165) is 0 Å². The number of aliphatic carboxylic acids is 1. The molecule has 0 aliphatic heterocycles. The highest BCUT2D eigenvalue weighted by Gasteiger charge is 2.08. The first-order valence-electron chi connectivity index (χ1n) is 8.73. The zero-order valence-electron chi connectivity index (χ0n) is 15.9. The summed E-state index contributed by atoms with van der Waals surface area (Å²) in [5.41, 5.74) is 0.0981. The third-order valence-corrected chi connectivity index (χ3v) is 3.79. The fourth-order valence-corrected chi connectivity index (χ4v) is 2.32. The summed E-state index contributed by atoms with van der Waals surface area (Å²) in [6, 6.07) is 4.61. The quantitative estimate of drug-likeness (QED) is 0.228. The van der Waals surface area contributed by atoms with E-state index in [1.165, 1.54) is 18.2 Å². The van der Waals surface area contributed by atoms with Crippen LogP contribution >= 0.6 is 23.2 Å². The smallest absolute Gasteiger partial charge is 0.345 e. The molecule has 29 heavy (non-hydrogen) atoms. The van der Waals surface area contributed by atoms with E-state index in [1.54, 1.807) is 6.07 Å². The first kappa shape index (κ1) is 24.8. The Bertz CT molecular complexity index is 766. The van der Waals surface area contributed by atoms with Gasteiger partial charge in [0.1, 0.15) is 5.75 Å². The van der Waals surface area contributed by atoms with Crippen molar-refractivity contribution in [3.05, 3.63) is 39.9 Å². The largest absolute Gasteiger partial charge is 0.480 e. The molecule has 0 unspecified atom stereocenters. The van der Waals surface area contributed by atoms with Gasteiger partial charge in [-0.2, -0.15) is 0 Å². The Morgan fingerprint density at radius 2 is 1.93 bits per heavy atom. The third kappa shape index (κ3) is 11.4. The van der Waals surface area contributed by atoms with Gasteiger partial charge in [-0.3, -0.25) is 0 Å². The molecular formula is C20H22Cl2O7. The Morgan fingerprint density at radius 3 is 2.62 bits per heavy atom. The van der Waals surface area contributed by atoms with E-state index in [4.69, 9.17) is 47.3 Å². The molecular weight excluding hydrogens is 423 g/mol. The first-order chi connectivity index (χ1) is 13.9. The van der Waals surface area contributed by atoms with Crippen LogP contribution in [-0.4, -0.2) is 56.7 Å². The van der Waals surface area contributed by atoms with Crippen LogP contribution in [0.3, 0.4) is 0 Å². The molecule has 0 fully saturated rings. The molecule has 0 radical (unpaired) electrons. The van der Waals surface area contributed by atoms with Crippen molar-refractivity contribution >= 4 is 35.1 Å². The second-order valence-corrected chi connectivity index (χ2v) is 6.22. The molecule has 1 rings (SSSR count). The summed E-state index contributed by atoms with van der Waals surface area (Å²) in [4.78, 5) is 22.8. The van der Waals surface area contributed by atoms with Crippen LogP contribution in [0.15, 0.2) is 29.8 Å². The lowest BCUT2D eigenvalue weighted by Crippen LogP contribution is -2.15. The van der Waals surface area contributed by atoms with Crippen molar-refractivity contribution in [2.75, 3.05) is 39.6 Å². The number of carboxylic acid groups (broad SMARTS) is 1. The Hall–Kier alpha value is -2.24. The summed E-state index contributed by atoms with van der Waals surface area (Å²) in [6.45, 7) is 3.03. The maximum absolute atomic E-state index is 11.6. The second kappa shape index (κ2) is 14.7. The van der Waals surface area contributed by atoms with E-state index in [9.17, 15) is 9.59 Å². The first-order valence-corrected chi connectivity index (χ1v) is 9.49. The summed E-state index contributed by atoms with van der Waals surface area (Å²) in [5.74, 6) is 3.66. The van der Waals surface area contributed by atoms with Gasteiger partial charge in [0.05, 0.1) is 24.8 Å². The number of halogens is 2. The zero-order chi connectivity index (χ0) is 21.5. The molecule has 1 aromatic rings. The van der Waals surface area contributed by atoms with Gasteiger partial charge in [0.25, 0.3) is 0 Å². The number of rotatable bonds is 12. The Balaban J connectivity index is 2.33. The number of esters is 1. The summed E-state index contributed by atoms with van der Waals surface area (Å²) < 4.78 is 20.5. The topological polar surface area (TPSA) is 91.3 Å². The Morgan fingerprint density at radius 1 is 1.17 bits per heavy atom. The van der Waals surface area contributed by atoms with E-state index >= 15 is 0 Å². The lowest BCUT2D eigenvalue weighted by molar-refractivity contribution is -0.144. The average Bonchev–Trinajstić information content (AvgIpc) is 2.67. The maximum atomic E-state index is 11.6. The molecule has 0 aromatic heterocycles. The minimum absolute atomic E-state index is 0.0981. The van der Waals surface area contributed by atoms with Crippen molar-refractivity contribution in [3.63, 3.8) is 0 Å². The second-order valence-electron chi connectivity index (χ2n) is 5.38. The predicted octanol–water partition coefficient (Wildman–Crippen LogP) is 3.37. The number of allylic oxidation sites excluding steroid dienone is 1. The average molecular weight is 445 g/mol. The molecule has 0 saturated carbocycles. The monoisotopic (exact) mass is 444 g/mol. The zero-order valence-corrected chi connectivity index (χ0v) is 17.4. The third-order valence-electron chi connectivity index (χ3n) is 3.26. The van der Waals surface area contributed by atoms with Crippen molar-refractivity contribution < 1.29 is 33.6 Å². The van der Waals surface area contributed by atoms with Crippen molar-refractivity contribution in [1.29, 1.82) is 0 Å². The van der Waals surface area contributed by atoms with Gasteiger partial charge in [-0.05, 0) is 31.2 Å². The maximum Gasteiger partial charge on any atom is 0.345 e. The Labute approximate surface area is 179 Å². The van der Waals surface area contributed by atoms with Crippen LogP contribution in [0.4, 0.5) is 0 Å². The molecule has 9 heteroatoms. The molecule has 0 saturated heterocycles. The highest BCUT2D eigenvalue weighted by atomic mass is 35.5. The fraction of sp³-hybridized carbons (Fsp3) is 0.400. The molecule has 0 aliphatic rings. The minimum Gasteiger partial charge on any atom is -0.480 e. The number of carboxylic acids is 1. The van der Waals surface area contributed by atoms with Crippen LogP contribution in [-0.2, 0) is 23.8 Å². The van der Waals surface area contributed by atoms with Crippen LogP contribution in [0.5, 0.6) is 5.75 Å². The van der Waals surface area contributed by atoms with Crippen molar-refractivity contribution in [1.82, 2.24) is 0 Å². The van der Waals surface area contributed by atoms with E-state index in [0.29, 0.717) is 30.6 Å². The van der Waals surface area contributed by atoms with Gasteiger partial charge >= 0.3 is 11.9 Å². The van der Waals surface area contributed by atoms with Crippen molar-refractivity contribution in [2.24, 2.45) is 0 Å². The number of carbonyl (C=O) groups is 2. The molecule has 1 N–H and O–H groups in total. The molecule has 0 bridgehead atoms. The van der Waals surface area contributed by atoms with Crippen LogP contribution in [0, 0.1) is 11.8 Å². The van der Waals surface area contributed by atoms with Crippen LogP contribution in [0.25, 0.3) is 0 Å². The number of hydrogen-bond acceptors (Lipinski definition) is 6. The number of hydrogen-bond donors (Lipinski definition) is 1. The highest BCUT2D eigenvalue weighted by molar-refractivity contribution is 6.35. The van der Waals surface area contributed by atoms with E-state index in [-0.39, 0.29) is 36.8 Å². The summed E-state index contributed by atoms with van der Waals surface area (Å²) in [7, 11) is 0. The lowest BCUT2D eigenvalue weighted by atomic mass is 10.2. The van der Waals surface area contributed by atoms with Gasteiger partial charge in [-0.25, -0.2) is 9.59 Å². The van der Waals surface area contributed by atoms with Crippen molar-refractivity contribution in [2.45, 2.75) is 13.3 Å². The van der Waals surface area contributed by atoms with Crippen LogP contribution in [0.2, 0.25) is 10.0 Å². The molecule has 0 atom stereocenters. The molecule has 0 amide bonds. The van der Waals surface area contributed by atoms with Gasteiger partial charge in [-0.1, -0.05) is 35.0 Å². The van der Waals surface area contributed by atoms with Gasteiger partial charge in [0.2, 0.25) is 0 Å². The summed E-state index contributed by atoms with van der Waals surface area (Å²) in [5, 5.41) is 9.87. The number of benzene rings is 1. The normalized spacial score (nSPS) is 10.8. The summed E-state index contributed by atoms with van der Waals surface area (Å²) >= 11 is 11.7. The number of carbonyl (C=O) groups excluding carboxylic acids is 1. The van der Waals surface area contributed by atoms with E-state index in [2.05, 4.69) is 11.8 Å². The van der Waals surface area contributed by atoms with Crippen LogP contribution in [0.1, 0.15) is 13.3 Å². The molecule has 0 aliphatic carbocycles. The SMILES string of the molecule is CCOCCOCC/C(=C\C#CCOC(=O)COc1ccc(Cl)cc1Cl)C(=O)O. The molecule has 0 heterocycles. The van der Waals surface area contributed by atoms with Crippen LogP contribution < -0.4 is 4.74 Å². The lowest BCUT2D eigenvalue weighted by Gasteiger charge is -2.07. The summed E-state index contributed by atoms with van der Waals surface area (Å²) in [6.07, 6.45) is 1.46.